The van der Waals surface area contributed by atoms with Gasteiger partial charge in [-0.3, -0.25) is 14.4 Å². The smallest absolute Gasteiger partial charge is 0.259 e. The van der Waals surface area contributed by atoms with E-state index in [4.69, 9.17) is 0 Å². The fourth-order valence-corrected chi connectivity index (χ4v) is 3.77. The summed E-state index contributed by atoms with van der Waals surface area (Å²) in [5.74, 6) is 0.305. The summed E-state index contributed by atoms with van der Waals surface area (Å²) in [7, 11) is 0. The highest BCUT2D eigenvalue weighted by Crippen LogP contribution is 2.15. The highest BCUT2D eigenvalue weighted by Gasteiger charge is 2.24. The van der Waals surface area contributed by atoms with Gasteiger partial charge in [0.05, 0.1) is 0 Å². The molecule has 2 rings (SSSR count). The fraction of sp³-hybridized carbons (Fsp3) is 0.667. The molecule has 156 valence electrons. The zero-order valence-corrected chi connectivity index (χ0v) is 18.1. The third-order valence-corrected chi connectivity index (χ3v) is 6.02. The molecule has 1 aliphatic heterocycles. The molecule has 7 heteroatoms. The van der Waals surface area contributed by atoms with Gasteiger partial charge in [-0.1, -0.05) is 19.8 Å². The Balaban J connectivity index is 2.34. The van der Waals surface area contributed by atoms with Crippen molar-refractivity contribution in [1.82, 2.24) is 14.8 Å². The average molecular weight is 408 g/mol. The molecule has 1 fully saturated rings. The second-order valence-corrected chi connectivity index (χ2v) is 8.41. The Morgan fingerprint density at radius 1 is 1.14 bits per heavy atom. The van der Waals surface area contributed by atoms with Crippen LogP contribution in [0.25, 0.3) is 0 Å². The molecule has 1 saturated heterocycles. The van der Waals surface area contributed by atoms with Crippen LogP contribution in [0, 0.1) is 0 Å². The maximum absolute atomic E-state index is 13.1. The molecule has 1 N–H and O–H groups in total. The molecule has 0 aliphatic carbocycles. The Morgan fingerprint density at radius 3 is 2.39 bits per heavy atom. The summed E-state index contributed by atoms with van der Waals surface area (Å²) in [4.78, 5) is 40.5. The van der Waals surface area contributed by atoms with Gasteiger partial charge in [-0.2, -0.15) is 11.8 Å². The minimum Gasteiger partial charge on any atom is -0.352 e. The first-order valence-electron chi connectivity index (χ1n) is 10.3. The van der Waals surface area contributed by atoms with Crippen molar-refractivity contribution in [2.75, 3.05) is 31.6 Å². The summed E-state index contributed by atoms with van der Waals surface area (Å²) < 4.78 is 1.84. The van der Waals surface area contributed by atoms with E-state index in [1.807, 2.05) is 24.7 Å². The molecule has 1 aromatic rings. The Bertz CT molecular complexity index is 724. The molecule has 0 saturated carbocycles. The number of nitrogens with zero attached hydrogens (tertiary/aromatic N) is 2. The summed E-state index contributed by atoms with van der Waals surface area (Å²) in [6.45, 7) is 5.93. The molecule has 2 amide bonds. The Hall–Kier alpha value is -1.76. The van der Waals surface area contributed by atoms with Crippen molar-refractivity contribution in [3.63, 3.8) is 0 Å². The first-order chi connectivity index (χ1) is 13.5. The molecule has 6 nitrogen and oxygen atoms in total. The number of hydrogen-bond acceptors (Lipinski definition) is 4. The SMILES string of the molecule is CC[C@@H](C)n1cc(C(=O)NCCCSC)c(=O)c(C(=O)N2CCCCCC2)c1. The minimum absolute atomic E-state index is 0.0603. The van der Waals surface area contributed by atoms with Crippen LogP contribution >= 0.6 is 11.8 Å². The molecule has 1 aliphatic rings. The fourth-order valence-electron chi connectivity index (χ4n) is 3.33. The number of rotatable bonds is 8. The Labute approximate surface area is 172 Å². The number of likely N-dealkylation sites (tertiary alicyclic amines) is 1. The lowest BCUT2D eigenvalue weighted by molar-refractivity contribution is 0.0759. The molecule has 1 atom stereocenters. The van der Waals surface area contributed by atoms with Crippen LogP contribution in [-0.2, 0) is 0 Å². The van der Waals surface area contributed by atoms with Gasteiger partial charge >= 0.3 is 0 Å². The number of pyridine rings is 1. The van der Waals surface area contributed by atoms with Crippen molar-refractivity contribution in [1.29, 1.82) is 0 Å². The van der Waals surface area contributed by atoms with Gasteiger partial charge in [0.2, 0.25) is 5.43 Å². The summed E-state index contributed by atoms with van der Waals surface area (Å²) in [5, 5.41) is 2.82. The standard InChI is InChI=1S/C21H33N3O3S/c1-4-16(2)24-14-17(20(26)22-10-9-13-28-3)19(25)18(15-24)21(27)23-11-7-5-6-8-12-23/h14-16H,4-13H2,1-3H3,(H,22,26)/t16-/m1/s1. The Kier molecular flexibility index (Phi) is 9.09. The van der Waals surface area contributed by atoms with Crippen LogP contribution in [0.4, 0.5) is 0 Å². The zero-order chi connectivity index (χ0) is 20.5. The summed E-state index contributed by atoms with van der Waals surface area (Å²) >= 11 is 1.72. The van der Waals surface area contributed by atoms with Crippen LogP contribution < -0.4 is 10.7 Å². The lowest BCUT2D eigenvalue weighted by Gasteiger charge is -2.22. The van der Waals surface area contributed by atoms with E-state index in [1.54, 1.807) is 29.1 Å². The van der Waals surface area contributed by atoms with Crippen molar-refractivity contribution < 1.29 is 9.59 Å². The van der Waals surface area contributed by atoms with Gasteiger partial charge in [0.25, 0.3) is 11.8 Å². The average Bonchev–Trinajstić information content (AvgIpc) is 2.99. The van der Waals surface area contributed by atoms with E-state index in [0.717, 1.165) is 44.3 Å². The van der Waals surface area contributed by atoms with E-state index < -0.39 is 11.3 Å². The van der Waals surface area contributed by atoms with Crippen molar-refractivity contribution in [3.8, 4) is 0 Å². The number of carbonyl (C=O) groups excluding carboxylic acids is 2. The molecule has 0 radical (unpaired) electrons. The van der Waals surface area contributed by atoms with E-state index in [9.17, 15) is 14.4 Å². The van der Waals surface area contributed by atoms with E-state index in [2.05, 4.69) is 5.32 Å². The monoisotopic (exact) mass is 407 g/mol. The van der Waals surface area contributed by atoms with E-state index in [0.29, 0.717) is 19.6 Å². The minimum atomic E-state index is -0.462. The molecular formula is C21H33N3O3S. The number of amides is 2. The molecular weight excluding hydrogens is 374 g/mol. The zero-order valence-electron chi connectivity index (χ0n) is 17.3. The van der Waals surface area contributed by atoms with E-state index in [1.165, 1.54) is 0 Å². The topological polar surface area (TPSA) is 71.4 Å². The van der Waals surface area contributed by atoms with Gasteiger partial charge in [0.15, 0.2) is 0 Å². The molecule has 28 heavy (non-hydrogen) atoms. The number of aromatic nitrogens is 1. The molecule has 2 heterocycles. The normalized spacial score (nSPS) is 15.8. The quantitative estimate of drug-likeness (QED) is 0.671. The van der Waals surface area contributed by atoms with Crippen LogP contribution in [0.2, 0.25) is 0 Å². The number of nitrogens with one attached hydrogen (secondary N) is 1. The van der Waals surface area contributed by atoms with Crippen molar-refractivity contribution in [2.45, 2.75) is 58.4 Å². The molecule has 0 bridgehead atoms. The molecule has 1 aromatic heterocycles. The van der Waals surface area contributed by atoms with Crippen LogP contribution in [-0.4, -0.2) is 52.9 Å². The van der Waals surface area contributed by atoms with Crippen molar-refractivity contribution in [3.05, 3.63) is 33.7 Å². The van der Waals surface area contributed by atoms with E-state index in [-0.39, 0.29) is 23.1 Å². The van der Waals surface area contributed by atoms with Crippen LogP contribution in [0.15, 0.2) is 17.2 Å². The van der Waals surface area contributed by atoms with Gasteiger partial charge in [-0.15, -0.1) is 0 Å². The van der Waals surface area contributed by atoms with Gasteiger partial charge in [-0.25, -0.2) is 0 Å². The maximum Gasteiger partial charge on any atom is 0.259 e. The first kappa shape index (κ1) is 22.5. The number of hydrogen-bond donors (Lipinski definition) is 1. The predicted octanol–water partition coefficient (Wildman–Crippen LogP) is 3.32. The Morgan fingerprint density at radius 2 is 1.79 bits per heavy atom. The van der Waals surface area contributed by atoms with Crippen LogP contribution in [0.5, 0.6) is 0 Å². The van der Waals surface area contributed by atoms with Gasteiger partial charge in [0, 0.05) is 38.1 Å². The maximum atomic E-state index is 13.1. The van der Waals surface area contributed by atoms with E-state index >= 15 is 0 Å². The molecule has 0 spiro atoms. The summed E-state index contributed by atoms with van der Waals surface area (Å²) in [6, 6.07) is 0.0966. The first-order valence-corrected chi connectivity index (χ1v) is 11.7. The second-order valence-electron chi connectivity index (χ2n) is 7.43. The largest absolute Gasteiger partial charge is 0.352 e. The summed E-state index contributed by atoms with van der Waals surface area (Å²) in [6.07, 6.45) is 11.1. The summed E-state index contributed by atoms with van der Waals surface area (Å²) in [5.41, 5.74) is -0.291. The second kappa shape index (κ2) is 11.3. The van der Waals surface area contributed by atoms with Gasteiger partial charge < -0.3 is 14.8 Å². The van der Waals surface area contributed by atoms with Crippen molar-refractivity contribution in [2.24, 2.45) is 0 Å². The van der Waals surface area contributed by atoms with Crippen LogP contribution in [0.3, 0.4) is 0 Å². The number of carbonyl (C=O) groups is 2. The lowest BCUT2D eigenvalue weighted by Crippen LogP contribution is -2.38. The van der Waals surface area contributed by atoms with Crippen LogP contribution in [0.1, 0.15) is 79.1 Å². The molecule has 0 unspecified atom stereocenters. The highest BCUT2D eigenvalue weighted by atomic mass is 32.2. The van der Waals surface area contributed by atoms with Crippen molar-refractivity contribution >= 4 is 23.6 Å². The highest BCUT2D eigenvalue weighted by molar-refractivity contribution is 7.98. The predicted molar refractivity (Wildman–Crippen MR) is 115 cm³/mol. The number of thioether (sulfide) groups is 1. The van der Waals surface area contributed by atoms with Gasteiger partial charge in [-0.05, 0) is 44.6 Å². The third-order valence-electron chi connectivity index (χ3n) is 5.32. The third kappa shape index (κ3) is 5.87. The lowest BCUT2D eigenvalue weighted by atomic mass is 10.1. The van der Waals surface area contributed by atoms with Gasteiger partial charge in [0.1, 0.15) is 11.1 Å². The molecule has 0 aromatic carbocycles.